The minimum atomic E-state index is -3.36. The molecular weight excluding hydrogens is 284 g/mol. The normalized spacial score (nSPS) is 12.1. The minimum Gasteiger partial charge on any atom is -0.379 e. The third kappa shape index (κ3) is 4.91. The zero-order chi connectivity index (χ0) is 13.7. The molecule has 0 N–H and O–H groups in total. The van der Waals surface area contributed by atoms with E-state index in [4.69, 9.17) is 4.74 Å². The third-order valence-corrected chi connectivity index (χ3v) is 4.07. The summed E-state index contributed by atoms with van der Waals surface area (Å²) in [6.45, 7) is 0.916. The monoisotopic (exact) mass is 300 g/mol. The molecule has 0 amide bonds. The molecule has 2 aromatic rings. The van der Waals surface area contributed by atoms with E-state index in [0.717, 1.165) is 12.7 Å². The van der Waals surface area contributed by atoms with Crippen molar-refractivity contribution in [2.24, 2.45) is 0 Å². The van der Waals surface area contributed by atoms with Gasteiger partial charge < -0.3 is 4.74 Å². The summed E-state index contributed by atoms with van der Waals surface area (Å²) in [6, 6.07) is 8.46. The fourth-order valence-electron chi connectivity index (χ4n) is 1.71. The highest BCUT2D eigenvalue weighted by atomic mass is 32.2. The quantitative estimate of drug-likeness (QED) is 0.582. The van der Waals surface area contributed by atoms with E-state index in [2.05, 4.69) is 33.8 Å². The van der Waals surface area contributed by atoms with Crippen molar-refractivity contribution in [3.63, 3.8) is 0 Å². The Morgan fingerprint density at radius 2 is 2.00 bits per heavy atom. The van der Waals surface area contributed by atoms with Crippen LogP contribution < -0.4 is 0 Å². The van der Waals surface area contributed by atoms with E-state index >= 15 is 0 Å². The maximum absolute atomic E-state index is 10.7. The van der Waals surface area contributed by atoms with Gasteiger partial charge in [-0.25, -0.2) is 0 Å². The summed E-state index contributed by atoms with van der Waals surface area (Å²) in [5.74, 6) is 0. The molecule has 0 radical (unpaired) electrons. The molecule has 2 rings (SSSR count). The summed E-state index contributed by atoms with van der Waals surface area (Å²) >= 11 is 1.73. The molecule has 0 aliphatic carbocycles. The second kappa shape index (κ2) is 6.47. The lowest BCUT2D eigenvalue weighted by Crippen LogP contribution is -2.10. The first kappa shape index (κ1) is 14.5. The van der Waals surface area contributed by atoms with Gasteiger partial charge in [-0.2, -0.15) is 8.42 Å². The Bertz CT molecular complexity index is 631. The maximum atomic E-state index is 10.7. The molecule has 0 saturated carbocycles. The molecule has 0 fully saturated rings. The zero-order valence-electron chi connectivity index (χ0n) is 10.7. The minimum absolute atomic E-state index is 0.0718. The van der Waals surface area contributed by atoms with Gasteiger partial charge in [-0.15, -0.1) is 11.3 Å². The van der Waals surface area contributed by atoms with Crippen LogP contribution in [-0.2, 0) is 25.5 Å². The molecule has 6 heteroatoms. The van der Waals surface area contributed by atoms with Crippen molar-refractivity contribution in [3.05, 3.63) is 35.2 Å². The van der Waals surface area contributed by atoms with E-state index in [9.17, 15) is 8.42 Å². The first-order chi connectivity index (χ1) is 9.04. The van der Waals surface area contributed by atoms with Gasteiger partial charge in [0.1, 0.15) is 0 Å². The molecule has 1 aromatic carbocycles. The number of fused-ring (bicyclic) bond motifs is 1. The number of rotatable bonds is 7. The largest absolute Gasteiger partial charge is 0.379 e. The van der Waals surface area contributed by atoms with Gasteiger partial charge in [0.2, 0.25) is 0 Å². The lowest BCUT2D eigenvalue weighted by Gasteiger charge is -2.04. The molecule has 19 heavy (non-hydrogen) atoms. The predicted octanol–water partition coefficient (Wildman–Crippen LogP) is 2.44. The molecule has 0 spiro atoms. The molecule has 0 aliphatic heterocycles. The summed E-state index contributed by atoms with van der Waals surface area (Å²) in [5, 5.41) is 3.33. The first-order valence-electron chi connectivity index (χ1n) is 5.93. The lowest BCUT2D eigenvalue weighted by molar-refractivity contribution is 0.105. The lowest BCUT2D eigenvalue weighted by atomic mass is 10.1. The number of benzene rings is 1. The van der Waals surface area contributed by atoms with E-state index < -0.39 is 10.1 Å². The fourth-order valence-corrected chi connectivity index (χ4v) is 2.85. The standard InChI is InChI=1S/C13H16O4S2/c1-19(14,15)17-8-7-16-6-4-11-2-3-13-12(10-11)5-9-18-13/h2-3,5,9-10H,4,6-8H2,1H3. The second-order valence-corrected chi connectivity index (χ2v) is 6.77. The van der Waals surface area contributed by atoms with E-state index in [1.54, 1.807) is 11.3 Å². The van der Waals surface area contributed by atoms with Crippen LogP contribution in [0.2, 0.25) is 0 Å². The fraction of sp³-hybridized carbons (Fsp3) is 0.385. The average Bonchev–Trinajstić information content (AvgIpc) is 2.79. The summed E-state index contributed by atoms with van der Waals surface area (Å²) in [6.07, 6.45) is 1.84. The zero-order valence-corrected chi connectivity index (χ0v) is 12.3. The number of ether oxygens (including phenoxy) is 1. The Balaban J connectivity index is 1.71. The average molecular weight is 300 g/mol. The van der Waals surface area contributed by atoms with Crippen LogP contribution in [-0.4, -0.2) is 34.5 Å². The van der Waals surface area contributed by atoms with Gasteiger partial charge in [0.25, 0.3) is 10.1 Å². The second-order valence-electron chi connectivity index (χ2n) is 4.18. The smallest absolute Gasteiger partial charge is 0.264 e. The van der Waals surface area contributed by atoms with Gasteiger partial charge in [-0.3, -0.25) is 4.18 Å². The van der Waals surface area contributed by atoms with Crippen molar-refractivity contribution in [3.8, 4) is 0 Å². The molecule has 0 unspecified atom stereocenters. The molecule has 0 atom stereocenters. The highest BCUT2D eigenvalue weighted by Crippen LogP contribution is 2.21. The van der Waals surface area contributed by atoms with E-state index in [1.807, 2.05) is 0 Å². The van der Waals surface area contributed by atoms with E-state index in [0.29, 0.717) is 6.61 Å². The number of hydrogen-bond acceptors (Lipinski definition) is 5. The molecule has 0 saturated heterocycles. The third-order valence-electron chi connectivity index (χ3n) is 2.58. The molecule has 4 nitrogen and oxygen atoms in total. The highest BCUT2D eigenvalue weighted by Gasteiger charge is 2.01. The van der Waals surface area contributed by atoms with Gasteiger partial charge >= 0.3 is 0 Å². The molecule has 0 bridgehead atoms. The Morgan fingerprint density at radius 3 is 2.79 bits per heavy atom. The number of thiophene rings is 1. The van der Waals surface area contributed by atoms with Gasteiger partial charge in [-0.05, 0) is 34.9 Å². The molecule has 1 heterocycles. The Morgan fingerprint density at radius 1 is 1.16 bits per heavy atom. The van der Waals surface area contributed by atoms with Crippen molar-refractivity contribution in [1.82, 2.24) is 0 Å². The maximum Gasteiger partial charge on any atom is 0.264 e. The van der Waals surface area contributed by atoms with Gasteiger partial charge in [-0.1, -0.05) is 12.1 Å². The van der Waals surface area contributed by atoms with Crippen LogP contribution in [0.15, 0.2) is 29.6 Å². The summed E-state index contributed by atoms with van der Waals surface area (Å²) in [5.41, 5.74) is 1.22. The van der Waals surface area contributed by atoms with Crippen LogP contribution in [0.4, 0.5) is 0 Å². The Hall–Kier alpha value is -0.950. The number of hydrogen-bond donors (Lipinski definition) is 0. The van der Waals surface area contributed by atoms with Crippen LogP contribution in [0.1, 0.15) is 5.56 Å². The molecule has 1 aromatic heterocycles. The van der Waals surface area contributed by atoms with Crippen LogP contribution in [0, 0.1) is 0 Å². The summed E-state index contributed by atoms with van der Waals surface area (Å²) < 4.78 is 32.6. The molecule has 0 aliphatic rings. The van der Waals surface area contributed by atoms with Crippen molar-refractivity contribution in [2.45, 2.75) is 6.42 Å². The summed E-state index contributed by atoms with van der Waals surface area (Å²) in [4.78, 5) is 0. The van der Waals surface area contributed by atoms with Crippen molar-refractivity contribution in [1.29, 1.82) is 0 Å². The van der Waals surface area contributed by atoms with Gasteiger partial charge in [0.15, 0.2) is 0 Å². The van der Waals surface area contributed by atoms with Gasteiger partial charge in [0, 0.05) is 4.70 Å². The summed E-state index contributed by atoms with van der Waals surface area (Å²) in [7, 11) is -3.36. The molecule has 104 valence electrons. The van der Waals surface area contributed by atoms with Gasteiger partial charge in [0.05, 0.1) is 26.1 Å². The van der Waals surface area contributed by atoms with Crippen molar-refractivity contribution >= 4 is 31.5 Å². The molecular formula is C13H16O4S2. The van der Waals surface area contributed by atoms with Crippen molar-refractivity contribution < 1.29 is 17.3 Å². The topological polar surface area (TPSA) is 52.6 Å². The van der Waals surface area contributed by atoms with Crippen LogP contribution in [0.3, 0.4) is 0 Å². The van der Waals surface area contributed by atoms with Crippen LogP contribution >= 0.6 is 11.3 Å². The van der Waals surface area contributed by atoms with E-state index in [1.165, 1.54) is 15.6 Å². The Kier molecular flexibility index (Phi) is 4.93. The SMILES string of the molecule is CS(=O)(=O)OCCOCCc1ccc2sccc2c1. The first-order valence-corrected chi connectivity index (χ1v) is 8.62. The van der Waals surface area contributed by atoms with Crippen molar-refractivity contribution in [2.75, 3.05) is 26.1 Å². The highest BCUT2D eigenvalue weighted by molar-refractivity contribution is 7.85. The van der Waals surface area contributed by atoms with Crippen LogP contribution in [0.5, 0.6) is 0 Å². The van der Waals surface area contributed by atoms with Crippen LogP contribution in [0.25, 0.3) is 10.1 Å². The Labute approximate surface area is 117 Å². The predicted molar refractivity (Wildman–Crippen MR) is 77.1 cm³/mol. The van der Waals surface area contributed by atoms with E-state index in [-0.39, 0.29) is 13.2 Å².